The summed E-state index contributed by atoms with van der Waals surface area (Å²) in [6.07, 6.45) is 2.97. The smallest absolute Gasteiger partial charge is 0.239 e. The number of nitrogens with zero attached hydrogens (tertiary/aromatic N) is 1. The van der Waals surface area contributed by atoms with Crippen molar-refractivity contribution in [2.24, 2.45) is 0 Å². The summed E-state index contributed by atoms with van der Waals surface area (Å²) in [5, 5.41) is 3.05. The van der Waals surface area contributed by atoms with E-state index >= 15 is 0 Å². The second-order valence-corrected chi connectivity index (χ2v) is 6.81. The minimum Gasteiger partial charge on any atom is -0.351 e. The molecular weight excluding hydrogens is 296 g/mol. The summed E-state index contributed by atoms with van der Waals surface area (Å²) in [7, 11) is 0. The van der Waals surface area contributed by atoms with Crippen molar-refractivity contribution in [2.45, 2.75) is 32.2 Å². The number of nitrogens with one attached hydrogen (secondary N) is 1. The third-order valence-electron chi connectivity index (χ3n) is 3.82. The summed E-state index contributed by atoms with van der Waals surface area (Å²) < 4.78 is 0. The zero-order valence-corrected chi connectivity index (χ0v) is 13.9. The molecule has 1 heterocycles. The zero-order chi connectivity index (χ0) is 15.8. The number of hydrogen-bond donors (Lipinski definition) is 1. The lowest BCUT2D eigenvalue weighted by molar-refractivity contribution is -0.134. The maximum absolute atomic E-state index is 12.1. The first kappa shape index (κ1) is 16.9. The molecule has 1 unspecified atom stereocenters. The Hall–Kier alpha value is -1.49. The van der Waals surface area contributed by atoms with Crippen molar-refractivity contribution < 1.29 is 9.59 Å². The van der Waals surface area contributed by atoms with Crippen molar-refractivity contribution >= 4 is 23.6 Å². The molecule has 0 aromatic heterocycles. The highest BCUT2D eigenvalue weighted by molar-refractivity contribution is 7.99. The molecule has 1 aromatic rings. The molecule has 2 amide bonds. The second-order valence-electron chi connectivity index (χ2n) is 5.66. The second kappa shape index (κ2) is 8.83. The van der Waals surface area contributed by atoms with Crippen molar-refractivity contribution in [2.75, 3.05) is 24.6 Å². The van der Waals surface area contributed by atoms with Crippen LogP contribution >= 0.6 is 11.8 Å². The van der Waals surface area contributed by atoms with Gasteiger partial charge in [0.1, 0.15) is 0 Å². The predicted octanol–water partition coefficient (Wildman–Crippen LogP) is 2.09. The lowest BCUT2D eigenvalue weighted by Gasteiger charge is -2.25. The molecule has 4 nitrogen and oxygen atoms in total. The van der Waals surface area contributed by atoms with Gasteiger partial charge in [0, 0.05) is 25.3 Å². The molecule has 1 saturated heterocycles. The molecule has 0 spiro atoms. The van der Waals surface area contributed by atoms with Crippen LogP contribution in [-0.2, 0) is 16.0 Å². The summed E-state index contributed by atoms with van der Waals surface area (Å²) in [4.78, 5) is 25.5. The van der Waals surface area contributed by atoms with E-state index in [1.807, 2.05) is 42.1 Å². The predicted molar refractivity (Wildman–Crippen MR) is 90.9 cm³/mol. The first-order valence-corrected chi connectivity index (χ1v) is 8.97. The average Bonchev–Trinajstić information content (AvgIpc) is 2.53. The minimum atomic E-state index is -0.0518. The molecule has 120 valence electrons. The van der Waals surface area contributed by atoms with Gasteiger partial charge in [0.25, 0.3) is 0 Å². The maximum Gasteiger partial charge on any atom is 0.239 e. The van der Waals surface area contributed by atoms with Crippen LogP contribution in [0.3, 0.4) is 0 Å². The zero-order valence-electron chi connectivity index (χ0n) is 13.1. The Balaban J connectivity index is 1.80. The molecule has 1 aromatic carbocycles. The Bertz CT molecular complexity index is 487. The number of amides is 2. The van der Waals surface area contributed by atoms with Gasteiger partial charge in [-0.2, -0.15) is 11.8 Å². The number of carbonyl (C=O) groups is 2. The van der Waals surface area contributed by atoms with Crippen molar-refractivity contribution in [1.82, 2.24) is 10.2 Å². The highest BCUT2D eigenvalue weighted by Crippen LogP contribution is 2.16. The number of carbonyl (C=O) groups excluding carboxylic acids is 2. The highest BCUT2D eigenvalue weighted by atomic mass is 32.2. The number of hydrogen-bond acceptors (Lipinski definition) is 3. The fourth-order valence-corrected chi connectivity index (χ4v) is 3.63. The molecule has 1 aliphatic rings. The normalized spacial score (nSPS) is 17.8. The Morgan fingerprint density at radius 1 is 1.32 bits per heavy atom. The lowest BCUT2D eigenvalue weighted by Crippen LogP contribution is -2.45. The molecule has 5 heteroatoms. The molecule has 0 bridgehead atoms. The van der Waals surface area contributed by atoms with Crippen LogP contribution < -0.4 is 5.32 Å². The number of rotatable bonds is 6. The van der Waals surface area contributed by atoms with E-state index in [-0.39, 0.29) is 24.4 Å². The van der Waals surface area contributed by atoms with E-state index in [1.165, 1.54) is 18.2 Å². The van der Waals surface area contributed by atoms with Gasteiger partial charge in [0.2, 0.25) is 11.8 Å². The SMILES string of the molecule is CC(=O)N(CCc1ccccc1)CC(=O)NC1CCCSC1. The van der Waals surface area contributed by atoms with Crippen LogP contribution in [0, 0.1) is 0 Å². The van der Waals surface area contributed by atoms with Gasteiger partial charge in [-0.25, -0.2) is 0 Å². The fourth-order valence-electron chi connectivity index (χ4n) is 2.56. The monoisotopic (exact) mass is 320 g/mol. The maximum atomic E-state index is 12.1. The van der Waals surface area contributed by atoms with Gasteiger partial charge < -0.3 is 10.2 Å². The molecule has 22 heavy (non-hydrogen) atoms. The van der Waals surface area contributed by atoms with E-state index < -0.39 is 0 Å². The number of thioether (sulfide) groups is 1. The van der Waals surface area contributed by atoms with Crippen LogP contribution in [0.4, 0.5) is 0 Å². The summed E-state index contributed by atoms with van der Waals surface area (Å²) in [5.41, 5.74) is 1.18. The highest BCUT2D eigenvalue weighted by Gasteiger charge is 2.19. The molecule has 0 aliphatic carbocycles. The minimum absolute atomic E-state index is 0.0456. The van der Waals surface area contributed by atoms with Crippen LogP contribution in [0.5, 0.6) is 0 Å². The van der Waals surface area contributed by atoms with E-state index in [4.69, 9.17) is 0 Å². The van der Waals surface area contributed by atoms with Gasteiger partial charge in [-0.05, 0) is 30.6 Å². The Morgan fingerprint density at radius 2 is 2.09 bits per heavy atom. The third-order valence-corrected chi connectivity index (χ3v) is 5.03. The molecular formula is C17H24N2O2S. The van der Waals surface area contributed by atoms with Gasteiger partial charge in [-0.15, -0.1) is 0 Å². The van der Waals surface area contributed by atoms with E-state index in [1.54, 1.807) is 4.90 Å². The summed E-state index contributed by atoms with van der Waals surface area (Å²) in [6, 6.07) is 10.3. The van der Waals surface area contributed by atoms with Crippen molar-refractivity contribution in [1.29, 1.82) is 0 Å². The quantitative estimate of drug-likeness (QED) is 0.873. The molecule has 1 fully saturated rings. The molecule has 0 radical (unpaired) electrons. The van der Waals surface area contributed by atoms with Crippen LogP contribution in [0.1, 0.15) is 25.3 Å². The van der Waals surface area contributed by atoms with E-state index in [2.05, 4.69) is 5.32 Å². The van der Waals surface area contributed by atoms with Gasteiger partial charge >= 0.3 is 0 Å². The van der Waals surface area contributed by atoms with E-state index in [9.17, 15) is 9.59 Å². The largest absolute Gasteiger partial charge is 0.351 e. The van der Waals surface area contributed by atoms with E-state index in [0.717, 1.165) is 25.0 Å². The van der Waals surface area contributed by atoms with Crippen molar-refractivity contribution in [3.8, 4) is 0 Å². The van der Waals surface area contributed by atoms with Gasteiger partial charge in [0.05, 0.1) is 6.54 Å². The van der Waals surface area contributed by atoms with Crippen molar-refractivity contribution in [3.05, 3.63) is 35.9 Å². The van der Waals surface area contributed by atoms with Gasteiger partial charge in [-0.3, -0.25) is 9.59 Å². The molecule has 2 rings (SSSR count). The summed E-state index contributed by atoms with van der Waals surface area (Å²) in [5.74, 6) is 2.07. The Kier molecular flexibility index (Phi) is 6.77. The standard InChI is InChI=1S/C17H24N2O2S/c1-14(20)19(10-9-15-6-3-2-4-7-15)12-17(21)18-16-8-5-11-22-13-16/h2-4,6-7,16H,5,8-13H2,1H3,(H,18,21). The van der Waals surface area contributed by atoms with Crippen LogP contribution in [-0.4, -0.2) is 47.4 Å². The molecule has 1 aliphatic heterocycles. The van der Waals surface area contributed by atoms with Gasteiger partial charge in [0.15, 0.2) is 0 Å². The third kappa shape index (κ3) is 5.72. The van der Waals surface area contributed by atoms with Crippen LogP contribution in [0.15, 0.2) is 30.3 Å². The summed E-state index contributed by atoms with van der Waals surface area (Å²) in [6.45, 7) is 2.25. The molecule has 1 atom stereocenters. The number of benzene rings is 1. The van der Waals surface area contributed by atoms with Crippen molar-refractivity contribution in [3.63, 3.8) is 0 Å². The first-order chi connectivity index (χ1) is 10.6. The molecule has 0 saturated carbocycles. The van der Waals surface area contributed by atoms with Crippen LogP contribution in [0.2, 0.25) is 0 Å². The van der Waals surface area contributed by atoms with Gasteiger partial charge in [-0.1, -0.05) is 30.3 Å². The lowest BCUT2D eigenvalue weighted by atomic mass is 10.1. The summed E-state index contributed by atoms with van der Waals surface area (Å²) >= 11 is 1.88. The van der Waals surface area contributed by atoms with Crippen LogP contribution in [0.25, 0.3) is 0 Å². The Labute approximate surface area is 136 Å². The first-order valence-electron chi connectivity index (χ1n) is 7.81. The fraction of sp³-hybridized carbons (Fsp3) is 0.529. The Morgan fingerprint density at radius 3 is 2.73 bits per heavy atom. The molecule has 1 N–H and O–H groups in total. The van der Waals surface area contributed by atoms with E-state index in [0.29, 0.717) is 6.54 Å². The topological polar surface area (TPSA) is 49.4 Å². The average molecular weight is 320 g/mol.